The van der Waals surface area contributed by atoms with Crippen molar-refractivity contribution in [2.24, 2.45) is 0 Å². The topological polar surface area (TPSA) is 23.8 Å². The van der Waals surface area contributed by atoms with Gasteiger partial charge in [-0.2, -0.15) is 5.26 Å². The molecule has 0 saturated carbocycles. The van der Waals surface area contributed by atoms with Crippen molar-refractivity contribution in [2.75, 3.05) is 0 Å². The third kappa shape index (κ3) is 10.5. The second-order valence-corrected chi connectivity index (χ2v) is 3.30. The van der Waals surface area contributed by atoms with Crippen molar-refractivity contribution in [1.29, 1.82) is 5.26 Å². The van der Waals surface area contributed by atoms with Gasteiger partial charge in [0.1, 0.15) is 0 Å². The summed E-state index contributed by atoms with van der Waals surface area (Å²) >= 11 is 0. The molecule has 1 heteroatoms. The van der Waals surface area contributed by atoms with Crippen LogP contribution in [-0.4, -0.2) is 0 Å². The molecule has 0 aliphatic carbocycles. The van der Waals surface area contributed by atoms with E-state index in [9.17, 15) is 0 Å². The molecule has 1 rings (SSSR count). The zero-order valence-corrected chi connectivity index (χ0v) is 11.1. The van der Waals surface area contributed by atoms with E-state index in [1.807, 2.05) is 57.2 Å². The van der Waals surface area contributed by atoms with Gasteiger partial charge >= 0.3 is 0 Å². The maximum Gasteiger partial charge on any atom is 0.0994 e. The van der Waals surface area contributed by atoms with E-state index >= 15 is 0 Å². The highest BCUT2D eigenvalue weighted by Gasteiger charge is 1.89. The molecule has 0 saturated heterocycles. The van der Waals surface area contributed by atoms with Gasteiger partial charge in [-0.3, -0.25) is 0 Å². The van der Waals surface area contributed by atoms with Crippen LogP contribution in [0.15, 0.2) is 36.4 Å². The molecular weight excluding hydrogens is 194 g/mol. The Bertz CT molecular complexity index is 314. The molecule has 1 aromatic carbocycles. The Morgan fingerprint density at radius 1 is 1.12 bits per heavy atom. The van der Waals surface area contributed by atoms with Crippen LogP contribution >= 0.6 is 0 Å². The lowest BCUT2D eigenvalue weighted by Gasteiger charge is -1.90. The predicted molar refractivity (Wildman–Crippen MR) is 72.3 cm³/mol. The summed E-state index contributed by atoms with van der Waals surface area (Å²) in [5.74, 6) is 0. The van der Waals surface area contributed by atoms with Crippen molar-refractivity contribution in [2.45, 2.75) is 41.0 Å². The highest BCUT2D eigenvalue weighted by molar-refractivity contribution is 5.35. The fraction of sp³-hybridized carbons (Fsp3) is 0.400. The van der Waals surface area contributed by atoms with Crippen molar-refractivity contribution < 1.29 is 0 Å². The predicted octanol–water partition coefficient (Wildman–Crippen LogP) is 4.87. The molecule has 88 valence electrons. The van der Waals surface area contributed by atoms with Crippen LogP contribution in [0.25, 0.3) is 0 Å². The second-order valence-electron chi connectivity index (χ2n) is 3.30. The fourth-order valence-electron chi connectivity index (χ4n) is 0.698. The molecule has 0 aromatic heterocycles. The molecule has 16 heavy (non-hydrogen) atoms. The van der Waals surface area contributed by atoms with E-state index in [1.54, 1.807) is 0 Å². The number of allylic oxidation sites excluding steroid dienone is 2. The lowest BCUT2D eigenvalue weighted by atomic mass is 10.1. The van der Waals surface area contributed by atoms with Crippen molar-refractivity contribution in [3.8, 4) is 6.07 Å². The molecular formula is C15H23N. The normalized spacial score (nSPS) is 8.25. The van der Waals surface area contributed by atoms with Crippen LogP contribution in [0.4, 0.5) is 0 Å². The first-order valence-electron chi connectivity index (χ1n) is 5.70. The number of nitriles is 1. The van der Waals surface area contributed by atoms with Crippen LogP contribution in [0.3, 0.4) is 0 Å². The van der Waals surface area contributed by atoms with Crippen LogP contribution in [0, 0.1) is 18.3 Å². The largest absolute Gasteiger partial charge is 0.192 e. The molecule has 0 heterocycles. The molecule has 0 unspecified atom stereocenters. The van der Waals surface area contributed by atoms with E-state index < -0.39 is 0 Å². The van der Waals surface area contributed by atoms with Crippen LogP contribution in [-0.2, 0) is 0 Å². The van der Waals surface area contributed by atoms with E-state index in [0.29, 0.717) is 0 Å². The SMILES string of the molecule is C/C=C/C.CCC.Cc1ccccc1C#N. The van der Waals surface area contributed by atoms with Gasteiger partial charge in [-0.25, -0.2) is 0 Å². The van der Waals surface area contributed by atoms with Gasteiger partial charge in [-0.05, 0) is 32.4 Å². The molecule has 0 aliphatic rings. The molecule has 0 radical (unpaired) electrons. The summed E-state index contributed by atoms with van der Waals surface area (Å²) in [5, 5.41) is 8.47. The highest BCUT2D eigenvalue weighted by Crippen LogP contribution is 2.03. The Labute approximate surface area is 100 Å². The summed E-state index contributed by atoms with van der Waals surface area (Å²) in [6.07, 6.45) is 5.25. The molecule has 0 spiro atoms. The van der Waals surface area contributed by atoms with Crippen LogP contribution in [0.1, 0.15) is 45.2 Å². The molecule has 1 nitrogen and oxygen atoms in total. The van der Waals surface area contributed by atoms with E-state index in [1.165, 1.54) is 6.42 Å². The zero-order chi connectivity index (χ0) is 12.8. The molecule has 0 bridgehead atoms. The van der Waals surface area contributed by atoms with Gasteiger partial charge in [-0.15, -0.1) is 0 Å². The highest BCUT2D eigenvalue weighted by atomic mass is 14.2. The van der Waals surface area contributed by atoms with Crippen LogP contribution in [0.2, 0.25) is 0 Å². The fourth-order valence-corrected chi connectivity index (χ4v) is 0.698. The molecule has 1 aromatic rings. The monoisotopic (exact) mass is 217 g/mol. The number of hydrogen-bond acceptors (Lipinski definition) is 1. The number of rotatable bonds is 0. The van der Waals surface area contributed by atoms with Crippen LogP contribution < -0.4 is 0 Å². The van der Waals surface area contributed by atoms with Crippen molar-refractivity contribution >= 4 is 0 Å². The third-order valence-corrected chi connectivity index (χ3v) is 1.60. The third-order valence-electron chi connectivity index (χ3n) is 1.60. The van der Waals surface area contributed by atoms with Crippen LogP contribution in [0.5, 0.6) is 0 Å². The maximum absolute atomic E-state index is 8.47. The van der Waals surface area contributed by atoms with E-state index in [2.05, 4.69) is 19.9 Å². The Morgan fingerprint density at radius 2 is 1.56 bits per heavy atom. The van der Waals surface area contributed by atoms with E-state index in [-0.39, 0.29) is 0 Å². The van der Waals surface area contributed by atoms with Gasteiger partial charge < -0.3 is 0 Å². The first kappa shape index (κ1) is 16.9. The summed E-state index contributed by atoms with van der Waals surface area (Å²) in [6, 6.07) is 9.63. The van der Waals surface area contributed by atoms with Crippen molar-refractivity contribution in [1.82, 2.24) is 0 Å². The average molecular weight is 217 g/mol. The number of hydrogen-bond donors (Lipinski definition) is 0. The number of benzene rings is 1. The van der Waals surface area contributed by atoms with Gasteiger partial charge in [0.15, 0.2) is 0 Å². The summed E-state index contributed by atoms with van der Waals surface area (Å²) in [7, 11) is 0. The Morgan fingerprint density at radius 3 is 1.81 bits per heavy atom. The van der Waals surface area contributed by atoms with Crippen molar-refractivity contribution in [3.05, 3.63) is 47.5 Å². The standard InChI is InChI=1S/C8H7N.C4H8.C3H8/c1-7-4-2-3-5-8(7)6-9;1-3-4-2;1-3-2/h2-5H,1H3;3-4H,1-2H3;3H2,1-2H3/b;4-3+;. The van der Waals surface area contributed by atoms with Gasteiger partial charge in [0.2, 0.25) is 0 Å². The Hall–Kier alpha value is -1.55. The maximum atomic E-state index is 8.47. The number of aryl methyl sites for hydroxylation is 1. The second kappa shape index (κ2) is 13.4. The molecule has 0 N–H and O–H groups in total. The molecule has 0 fully saturated rings. The first-order valence-corrected chi connectivity index (χ1v) is 5.70. The van der Waals surface area contributed by atoms with Gasteiger partial charge in [-0.1, -0.05) is 50.6 Å². The lowest BCUT2D eigenvalue weighted by Crippen LogP contribution is -1.77. The zero-order valence-electron chi connectivity index (χ0n) is 11.1. The summed E-state index contributed by atoms with van der Waals surface area (Å²) in [6.45, 7) is 10.2. The summed E-state index contributed by atoms with van der Waals surface area (Å²) in [4.78, 5) is 0. The summed E-state index contributed by atoms with van der Waals surface area (Å²) in [5.41, 5.74) is 1.80. The minimum absolute atomic E-state index is 0.762. The Kier molecular flexibility index (Phi) is 14.2. The molecule has 0 amide bonds. The first-order chi connectivity index (χ1) is 7.67. The molecule has 0 aliphatic heterocycles. The lowest BCUT2D eigenvalue weighted by molar-refractivity contribution is 1.09. The van der Waals surface area contributed by atoms with Gasteiger partial charge in [0, 0.05) is 0 Å². The van der Waals surface area contributed by atoms with Gasteiger partial charge in [0.05, 0.1) is 11.6 Å². The Balaban J connectivity index is 0. The smallest absolute Gasteiger partial charge is 0.0994 e. The minimum Gasteiger partial charge on any atom is -0.192 e. The average Bonchev–Trinajstić information content (AvgIpc) is 2.31. The van der Waals surface area contributed by atoms with E-state index in [0.717, 1.165) is 11.1 Å². The van der Waals surface area contributed by atoms with Gasteiger partial charge in [0.25, 0.3) is 0 Å². The quantitative estimate of drug-likeness (QED) is 0.569. The minimum atomic E-state index is 0.762. The summed E-state index contributed by atoms with van der Waals surface area (Å²) < 4.78 is 0. The molecule has 0 atom stereocenters. The number of nitrogens with zero attached hydrogens (tertiary/aromatic N) is 1. The van der Waals surface area contributed by atoms with E-state index in [4.69, 9.17) is 5.26 Å². The van der Waals surface area contributed by atoms with Crippen molar-refractivity contribution in [3.63, 3.8) is 0 Å².